The number of rotatable bonds is 34. The summed E-state index contributed by atoms with van der Waals surface area (Å²) in [5.74, 6) is -4.74. The van der Waals surface area contributed by atoms with Gasteiger partial charge in [0.05, 0.1) is 44.4 Å². The Bertz CT molecular complexity index is 3280. The van der Waals surface area contributed by atoms with Crippen molar-refractivity contribution in [3.05, 3.63) is 0 Å². The molecule has 0 amide bonds. The topological polar surface area (TPSA) is 673 Å². The second-order valence-corrected chi connectivity index (χ2v) is 26.5. The molecule has 0 aliphatic carbocycles. The number of fused-ring (bicyclic) bond motifs is 3. The molecule has 0 aromatic carbocycles. The molecule has 7 rings (SSSR count). The largest absolute Gasteiger partial charge is 1.00 e. The van der Waals surface area contributed by atoms with Gasteiger partial charge in [-0.25, -0.2) is 50.5 Å². The van der Waals surface area contributed by atoms with Gasteiger partial charge in [0.25, 0.3) is 0 Å². The smallest absolute Gasteiger partial charge is 0.726 e. The zero-order valence-electron chi connectivity index (χ0n) is 56.7. The van der Waals surface area contributed by atoms with E-state index < -0.39 is 260 Å². The zero-order valence-corrected chi connectivity index (χ0v) is 77.6. The van der Waals surface area contributed by atoms with Gasteiger partial charge in [-0.3, -0.25) is 25.1 Å². The van der Waals surface area contributed by atoms with Crippen molar-refractivity contribution in [2.45, 2.75) is 179 Å². The molecule has 60 heteroatoms. The molecule has 0 aromatic heterocycles. The van der Waals surface area contributed by atoms with Crippen molar-refractivity contribution < 1.29 is 440 Å². The van der Waals surface area contributed by atoms with Gasteiger partial charge in [0.1, 0.15) is 97.2 Å². The number of aliphatic hydroxyl groups excluding tert-OH is 1. The molecule has 0 spiro atoms. The summed E-state index contributed by atoms with van der Waals surface area (Å²) in [6.45, 7) is -3.20. The van der Waals surface area contributed by atoms with Crippen molar-refractivity contribution >= 4 is 74.3 Å². The molecule has 7 saturated heterocycles. The van der Waals surface area contributed by atoms with Crippen LogP contribution in [-0.2, 0) is 173 Å². The van der Waals surface area contributed by atoms with E-state index in [1.165, 1.54) is 0 Å². The number of aliphatic carboxylic acids is 2. The van der Waals surface area contributed by atoms with Crippen LogP contribution in [0.3, 0.4) is 0 Å². The first-order valence-corrected chi connectivity index (χ1v) is 34.4. The van der Waals surface area contributed by atoms with Gasteiger partial charge < -0.3 is 134 Å². The quantitative estimate of drug-likeness (QED) is 0.0343. The Labute approximate surface area is 756 Å². The van der Waals surface area contributed by atoms with Crippen LogP contribution in [0.4, 0.5) is 0 Å². The fraction of sp³-hybridized carbons (Fsp3) is 0.951. The summed E-state index contributed by atoms with van der Waals surface area (Å²) in [7, 11) is -31.7. The Morgan fingerprint density at radius 1 is 0.455 bits per heavy atom. The second kappa shape index (κ2) is 46.4. The molecule has 7 fully saturated rings. The Balaban J connectivity index is -0.0000120. The Morgan fingerprint density at radius 2 is 0.871 bits per heavy atom. The number of ether oxygens (including phenoxy) is 16. The van der Waals surface area contributed by atoms with E-state index >= 15 is 0 Å². The maximum atomic E-state index is 13.6. The van der Waals surface area contributed by atoms with Crippen molar-refractivity contribution in [1.29, 1.82) is 0 Å². The standard InChI is InChI=1S/C41H69NO45S6.8Na/c1-8-10-71-22-18(42)33(76-15(19(22)43)11-73-88(48,49)50)81-31-25(67-4)27(69-6)36(83-40(31,9-2)38(44)45)80-21-17(13-75-90(54,55)56)78-35(30(87-93(63,64)65)24(21)85-91(57,58)59)82-32-26(68-5)28-37(84-41(32,14-72-28)39(46)47)79-20-16(12-74-89(51,52)53)77-34(70-7)29(23(20)66-3)86-92(60,61)62;;;;;;;;/h15-37,43H,8-14,42H2,1-7H3,(H,44,45)(H,46,47)(H,48,49,50)(H,51,52,53)(H,54,55,56)(H,57,58,59)(H,60,61,62)(H,63,64,65);;;;;;;;/q;8*+1/p-8/t15-,16-,17-,18-,19-,20-,21-,22-,23+,24+,25-,26-,27-,28-,29-,30-,31+,32+,33+,34+,35-,36-,37?,40+,41+;;;;;;;;/m1......../s1. The zero-order chi connectivity index (χ0) is 69.9. The molecular weight excluding hydrogens is 1600 g/mol. The Morgan fingerprint density at radius 3 is 1.29 bits per heavy atom. The monoisotopic (exact) mass is 1660 g/mol. The average Bonchev–Trinajstić information content (AvgIpc) is 0.721. The van der Waals surface area contributed by atoms with E-state index in [1.807, 2.05) is 0 Å². The molecule has 1 unspecified atom stereocenters. The summed E-state index contributed by atoms with van der Waals surface area (Å²) in [4.78, 5) is 27.1. The predicted octanol–water partition coefficient (Wildman–Crippen LogP) is -35.6. The molecule has 101 heavy (non-hydrogen) atoms. The SMILES string of the molecule is CCCO[C@@H]1[C@@H](N)[C@H](O[C@H]2[C@H](OC)[C@@H](OC)[C@H](O[C@H]3[C@H](OS(=O)(=O)[O-])[C@@H](OS(=O)(=O)[O-])[C@@H](O[C@H]4[C@H](OC)[C@H]5OC[C@]4(C(=O)[O-])OC5O[C@H]4[C@H](OC)[C@@H](OS(=O)(=O)[O-])[C@@H](OC)O[C@@H]4COS(=O)(=O)[O-])O[C@@H]3COS(=O)(=O)[O-])O[C@]2(CC)C(=O)[O-])O[C@H](COS(=O)(=O)[O-])[C@H]1O.[Na+].[Na+].[Na+].[Na+].[Na+].[Na+].[Na+].[Na+]. The molecule has 0 saturated carbocycles. The minimum Gasteiger partial charge on any atom is -0.726 e. The number of methoxy groups -OCH3 is 5. The van der Waals surface area contributed by atoms with E-state index in [0.717, 1.165) is 42.5 Å². The molecule has 0 aromatic rings. The molecule has 7 aliphatic rings. The van der Waals surface area contributed by atoms with Gasteiger partial charge in [-0.1, -0.05) is 13.8 Å². The van der Waals surface area contributed by atoms with Gasteiger partial charge in [-0.05, 0) is 12.8 Å². The second-order valence-electron chi connectivity index (χ2n) is 20.3. The number of carboxylic acid groups (broad SMARTS) is 2. The van der Waals surface area contributed by atoms with Crippen LogP contribution in [0.15, 0.2) is 0 Å². The molecule has 7 heterocycles. The van der Waals surface area contributed by atoms with Crippen molar-refractivity contribution in [3.8, 4) is 0 Å². The van der Waals surface area contributed by atoms with Crippen molar-refractivity contribution in [1.82, 2.24) is 0 Å². The molecule has 3 N–H and O–H groups in total. The van der Waals surface area contributed by atoms with Crippen LogP contribution >= 0.6 is 0 Å². The van der Waals surface area contributed by atoms with Crippen molar-refractivity contribution in [2.75, 3.05) is 68.6 Å². The first-order valence-electron chi connectivity index (χ1n) is 26.4. The molecule has 46 nitrogen and oxygen atoms in total. The summed E-state index contributed by atoms with van der Waals surface area (Å²) in [5, 5.41) is 38.2. The third-order valence-electron chi connectivity index (χ3n) is 14.8. The van der Waals surface area contributed by atoms with Crippen LogP contribution in [0.25, 0.3) is 0 Å². The van der Waals surface area contributed by atoms with Gasteiger partial charge in [0, 0.05) is 42.2 Å². The van der Waals surface area contributed by atoms with Crippen LogP contribution < -0.4 is 252 Å². The maximum absolute atomic E-state index is 13.6. The van der Waals surface area contributed by atoms with E-state index in [1.54, 1.807) is 6.92 Å². The Kier molecular flexibility index (Phi) is 50.8. The minimum atomic E-state index is -6.47. The maximum Gasteiger partial charge on any atom is 1.00 e. The molecular formula is C41H61NNa8O45S6. The third-order valence-corrected chi connectivity index (χ3v) is 17.4. The average molecular weight is 1660 g/mol. The van der Waals surface area contributed by atoms with E-state index in [9.17, 15) is 103 Å². The minimum absolute atomic E-state index is 0. The van der Waals surface area contributed by atoms with Crippen LogP contribution in [-0.4, -0.2) is 316 Å². The van der Waals surface area contributed by atoms with Crippen LogP contribution in [0.1, 0.15) is 26.7 Å². The number of hydrogen-bond acceptors (Lipinski definition) is 46. The van der Waals surface area contributed by atoms with E-state index in [2.05, 4.69) is 25.1 Å². The molecule has 25 atom stereocenters. The van der Waals surface area contributed by atoms with Gasteiger partial charge >= 0.3 is 236 Å². The van der Waals surface area contributed by atoms with E-state index in [-0.39, 0.29) is 249 Å². The number of carbonyl (C=O) groups excluding carboxylic acids is 2. The Hall–Kier alpha value is 5.44. The number of carboxylic acids is 2. The number of aliphatic hydroxyl groups is 1. The summed E-state index contributed by atoms with van der Waals surface area (Å²) < 4.78 is 335. The third kappa shape index (κ3) is 29.5. The van der Waals surface area contributed by atoms with Gasteiger partial charge in [0.2, 0.25) is 62.4 Å². The normalized spacial score (nSPS) is 36.6. The van der Waals surface area contributed by atoms with Gasteiger partial charge in [0.15, 0.2) is 49.3 Å². The van der Waals surface area contributed by atoms with Crippen LogP contribution in [0.2, 0.25) is 0 Å². The van der Waals surface area contributed by atoms with Crippen LogP contribution in [0.5, 0.6) is 0 Å². The van der Waals surface area contributed by atoms with Gasteiger partial charge in [-0.15, -0.1) is 0 Å². The van der Waals surface area contributed by atoms with Crippen LogP contribution in [0, 0.1) is 0 Å². The van der Waals surface area contributed by atoms with E-state index in [4.69, 9.17) is 81.5 Å². The number of hydrogen-bond donors (Lipinski definition) is 2. The van der Waals surface area contributed by atoms with Crippen molar-refractivity contribution in [3.63, 3.8) is 0 Å². The molecule has 2 bridgehead atoms. The molecule has 7 aliphatic heterocycles. The predicted molar refractivity (Wildman–Crippen MR) is 266 cm³/mol. The van der Waals surface area contributed by atoms with Gasteiger partial charge in [-0.2, -0.15) is 0 Å². The number of carbonyl (C=O) groups is 2. The number of nitrogens with two attached hydrogens (primary N) is 1. The fourth-order valence-electron chi connectivity index (χ4n) is 10.9. The van der Waals surface area contributed by atoms with E-state index in [0.29, 0.717) is 0 Å². The summed E-state index contributed by atoms with van der Waals surface area (Å²) >= 11 is 0. The summed E-state index contributed by atoms with van der Waals surface area (Å²) in [6.07, 6.45) is -51.8. The summed E-state index contributed by atoms with van der Waals surface area (Å²) in [6, 6.07) is -1.69. The molecule has 0 radical (unpaired) electrons. The summed E-state index contributed by atoms with van der Waals surface area (Å²) in [5.41, 5.74) is -0.0509. The van der Waals surface area contributed by atoms with Crippen molar-refractivity contribution in [2.24, 2.45) is 5.73 Å². The first kappa shape index (κ1) is 111. The first-order chi connectivity index (χ1) is 42.9. The molecule has 544 valence electrons. The fourth-order valence-corrected chi connectivity index (χ4v) is 13.2.